The summed E-state index contributed by atoms with van der Waals surface area (Å²) in [7, 11) is 0. The van der Waals surface area contributed by atoms with Crippen molar-refractivity contribution in [1.29, 1.82) is 0 Å². The van der Waals surface area contributed by atoms with Gasteiger partial charge < -0.3 is 16.2 Å². The van der Waals surface area contributed by atoms with Gasteiger partial charge in [-0.25, -0.2) is 0 Å². The lowest BCUT2D eigenvalue weighted by molar-refractivity contribution is -0.138. The molecule has 0 saturated heterocycles. The van der Waals surface area contributed by atoms with Crippen LogP contribution in [0.4, 0.5) is 0 Å². The molecule has 0 aliphatic heterocycles. The molecule has 0 aromatic rings. The second-order valence-corrected chi connectivity index (χ2v) is 5.04. The maximum atomic E-state index is 11.9. The van der Waals surface area contributed by atoms with Crippen molar-refractivity contribution in [1.82, 2.24) is 5.32 Å². The summed E-state index contributed by atoms with van der Waals surface area (Å²) in [4.78, 5) is 22.6. The number of carbonyl (C=O) groups excluding carboxylic acids is 1. The van der Waals surface area contributed by atoms with Crippen molar-refractivity contribution < 1.29 is 14.7 Å². The van der Waals surface area contributed by atoms with Gasteiger partial charge in [-0.3, -0.25) is 9.59 Å². The lowest BCUT2D eigenvalue weighted by atomic mass is 9.93. The standard InChI is InChI=1S/C12H24N2O3/c1-7(2)9(6-13)12(17)14-10(8(3)4)5-11(15)16/h7-10H,5-6,13H2,1-4H3,(H,14,17)(H,15,16). The number of amides is 1. The van der Waals surface area contributed by atoms with Crippen molar-refractivity contribution in [2.24, 2.45) is 23.5 Å². The molecule has 2 atom stereocenters. The molecule has 5 heteroatoms. The molecule has 17 heavy (non-hydrogen) atoms. The Hall–Kier alpha value is -1.10. The molecule has 0 bridgehead atoms. The van der Waals surface area contributed by atoms with Crippen molar-refractivity contribution in [3.05, 3.63) is 0 Å². The molecule has 0 aliphatic rings. The fraction of sp³-hybridized carbons (Fsp3) is 0.833. The summed E-state index contributed by atoms with van der Waals surface area (Å²) in [5.74, 6) is -1.08. The highest BCUT2D eigenvalue weighted by atomic mass is 16.4. The lowest BCUT2D eigenvalue weighted by Crippen LogP contribution is -2.46. The number of nitrogens with one attached hydrogen (secondary N) is 1. The predicted octanol–water partition coefficient (Wildman–Crippen LogP) is 0.833. The summed E-state index contributed by atoms with van der Waals surface area (Å²) in [5, 5.41) is 11.6. The number of carbonyl (C=O) groups is 2. The average molecular weight is 244 g/mol. The van der Waals surface area contributed by atoms with Crippen molar-refractivity contribution in [2.45, 2.75) is 40.2 Å². The Bertz CT molecular complexity index is 264. The van der Waals surface area contributed by atoms with E-state index in [4.69, 9.17) is 10.8 Å². The van der Waals surface area contributed by atoms with Crippen LogP contribution in [0, 0.1) is 17.8 Å². The largest absolute Gasteiger partial charge is 0.481 e. The van der Waals surface area contributed by atoms with E-state index >= 15 is 0 Å². The topological polar surface area (TPSA) is 92.4 Å². The summed E-state index contributed by atoms with van der Waals surface area (Å²) in [6, 6.07) is -0.340. The summed E-state index contributed by atoms with van der Waals surface area (Å²) in [6.07, 6.45) is -0.0568. The maximum absolute atomic E-state index is 11.9. The van der Waals surface area contributed by atoms with E-state index in [0.29, 0.717) is 0 Å². The number of carboxylic acids is 1. The first kappa shape index (κ1) is 15.9. The fourth-order valence-electron chi connectivity index (χ4n) is 1.61. The fourth-order valence-corrected chi connectivity index (χ4v) is 1.61. The quantitative estimate of drug-likeness (QED) is 0.618. The van der Waals surface area contributed by atoms with Gasteiger partial charge in [-0.1, -0.05) is 27.7 Å². The number of nitrogens with two attached hydrogens (primary N) is 1. The molecule has 0 heterocycles. The predicted molar refractivity (Wildman–Crippen MR) is 66.4 cm³/mol. The van der Waals surface area contributed by atoms with Crippen molar-refractivity contribution in [3.8, 4) is 0 Å². The van der Waals surface area contributed by atoms with E-state index in [2.05, 4.69) is 5.32 Å². The first-order valence-electron chi connectivity index (χ1n) is 6.01. The summed E-state index contributed by atoms with van der Waals surface area (Å²) in [5.41, 5.74) is 5.55. The molecule has 5 nitrogen and oxygen atoms in total. The summed E-state index contributed by atoms with van der Waals surface area (Å²) < 4.78 is 0. The number of carboxylic acid groups (broad SMARTS) is 1. The second kappa shape index (κ2) is 7.27. The first-order chi connectivity index (χ1) is 7.79. The molecule has 0 spiro atoms. The number of hydrogen-bond donors (Lipinski definition) is 3. The van der Waals surface area contributed by atoms with Crippen LogP contribution in [0.25, 0.3) is 0 Å². The average Bonchev–Trinajstić information content (AvgIpc) is 2.15. The van der Waals surface area contributed by atoms with Crippen LogP contribution in [0.5, 0.6) is 0 Å². The molecule has 0 aromatic heterocycles. The Morgan fingerprint density at radius 2 is 1.71 bits per heavy atom. The minimum Gasteiger partial charge on any atom is -0.481 e. The monoisotopic (exact) mass is 244 g/mol. The first-order valence-corrected chi connectivity index (χ1v) is 6.01. The Balaban J connectivity index is 4.53. The zero-order valence-corrected chi connectivity index (χ0v) is 11.1. The summed E-state index contributed by atoms with van der Waals surface area (Å²) in [6.45, 7) is 7.92. The number of rotatable bonds is 7. The second-order valence-electron chi connectivity index (χ2n) is 5.04. The molecule has 0 radical (unpaired) electrons. The van der Waals surface area contributed by atoms with Gasteiger partial charge in [0.25, 0.3) is 0 Å². The van der Waals surface area contributed by atoms with Crippen molar-refractivity contribution >= 4 is 11.9 Å². The van der Waals surface area contributed by atoms with E-state index in [1.165, 1.54) is 0 Å². The molecule has 0 aliphatic carbocycles. The van der Waals surface area contributed by atoms with Gasteiger partial charge in [-0.15, -0.1) is 0 Å². The molecule has 0 fully saturated rings. The maximum Gasteiger partial charge on any atom is 0.305 e. The van der Waals surface area contributed by atoms with E-state index < -0.39 is 5.97 Å². The molecule has 2 unspecified atom stereocenters. The van der Waals surface area contributed by atoms with Gasteiger partial charge in [0.15, 0.2) is 0 Å². The molecular weight excluding hydrogens is 220 g/mol. The van der Waals surface area contributed by atoms with Gasteiger partial charge in [-0.05, 0) is 11.8 Å². The minimum atomic E-state index is -0.905. The van der Waals surface area contributed by atoms with E-state index in [0.717, 1.165) is 0 Å². The smallest absolute Gasteiger partial charge is 0.305 e. The van der Waals surface area contributed by atoms with Gasteiger partial charge in [0, 0.05) is 12.6 Å². The number of hydrogen-bond acceptors (Lipinski definition) is 3. The third kappa shape index (κ3) is 5.68. The van der Waals surface area contributed by atoms with E-state index in [9.17, 15) is 9.59 Å². The Labute approximate surface area is 103 Å². The van der Waals surface area contributed by atoms with Crippen molar-refractivity contribution in [2.75, 3.05) is 6.54 Å². The highest BCUT2D eigenvalue weighted by molar-refractivity contribution is 5.80. The van der Waals surface area contributed by atoms with Crippen LogP contribution in [-0.4, -0.2) is 29.6 Å². The SMILES string of the molecule is CC(C)C(CC(=O)O)NC(=O)C(CN)C(C)C. The third-order valence-electron chi connectivity index (χ3n) is 2.92. The molecule has 1 amide bonds. The molecular formula is C12H24N2O3. The third-order valence-corrected chi connectivity index (χ3v) is 2.92. The Morgan fingerprint density at radius 3 is 2.00 bits per heavy atom. The molecule has 0 rings (SSSR count). The lowest BCUT2D eigenvalue weighted by Gasteiger charge is -2.25. The van der Waals surface area contributed by atoms with Gasteiger partial charge in [0.05, 0.1) is 12.3 Å². The van der Waals surface area contributed by atoms with Crippen LogP contribution in [-0.2, 0) is 9.59 Å². The van der Waals surface area contributed by atoms with Crippen LogP contribution in [0.3, 0.4) is 0 Å². The number of aliphatic carboxylic acids is 1. The zero-order valence-electron chi connectivity index (χ0n) is 11.1. The highest BCUT2D eigenvalue weighted by Crippen LogP contribution is 2.12. The van der Waals surface area contributed by atoms with Crippen LogP contribution in [0.1, 0.15) is 34.1 Å². The molecule has 0 aromatic carbocycles. The van der Waals surface area contributed by atoms with Crippen LogP contribution in [0.2, 0.25) is 0 Å². The van der Waals surface area contributed by atoms with Crippen molar-refractivity contribution in [3.63, 3.8) is 0 Å². The summed E-state index contributed by atoms with van der Waals surface area (Å²) >= 11 is 0. The zero-order chi connectivity index (χ0) is 13.6. The van der Waals surface area contributed by atoms with Crippen LogP contribution < -0.4 is 11.1 Å². The van der Waals surface area contributed by atoms with Gasteiger partial charge in [-0.2, -0.15) is 0 Å². The van der Waals surface area contributed by atoms with Crippen LogP contribution >= 0.6 is 0 Å². The van der Waals surface area contributed by atoms with Crippen LogP contribution in [0.15, 0.2) is 0 Å². The van der Waals surface area contributed by atoms with Gasteiger partial charge in [0.2, 0.25) is 5.91 Å². The van der Waals surface area contributed by atoms with Gasteiger partial charge >= 0.3 is 5.97 Å². The normalized spacial score (nSPS) is 14.8. The highest BCUT2D eigenvalue weighted by Gasteiger charge is 2.25. The molecule has 0 saturated carbocycles. The van der Waals surface area contributed by atoms with E-state index in [1.807, 2.05) is 27.7 Å². The minimum absolute atomic E-state index is 0.0568. The van der Waals surface area contributed by atoms with Gasteiger partial charge in [0.1, 0.15) is 0 Å². The van der Waals surface area contributed by atoms with E-state index in [-0.39, 0.29) is 42.7 Å². The Kier molecular flexibility index (Phi) is 6.80. The molecule has 4 N–H and O–H groups in total. The Morgan fingerprint density at radius 1 is 1.18 bits per heavy atom. The van der Waals surface area contributed by atoms with E-state index in [1.54, 1.807) is 0 Å². The molecule has 100 valence electrons.